The van der Waals surface area contributed by atoms with Gasteiger partial charge in [-0.05, 0) is 36.4 Å². The number of hydrogen-bond acceptors (Lipinski definition) is 5. The van der Waals surface area contributed by atoms with Crippen LogP contribution in [0.15, 0.2) is 58.7 Å². The Kier molecular flexibility index (Phi) is 5.43. The molecule has 0 unspecified atom stereocenters. The number of halogens is 3. The topological polar surface area (TPSA) is 85.2 Å². The number of carbonyl (C=O) groups excluding carboxylic acids is 1. The Morgan fingerprint density at radius 1 is 1.04 bits per heavy atom. The lowest BCUT2D eigenvalue weighted by molar-refractivity contribution is 0.246. The zero-order valence-corrected chi connectivity index (χ0v) is 16.8. The van der Waals surface area contributed by atoms with E-state index < -0.39 is 15.9 Å². The largest absolute Gasteiger partial charge is 0.350 e. The molecule has 0 saturated carbocycles. The first-order valence-corrected chi connectivity index (χ1v) is 9.96. The first kappa shape index (κ1) is 19.6. The van der Waals surface area contributed by atoms with Gasteiger partial charge >= 0.3 is 6.03 Å². The normalized spacial score (nSPS) is 11.4. The summed E-state index contributed by atoms with van der Waals surface area (Å²) in [6, 6.07) is 7.67. The van der Waals surface area contributed by atoms with Gasteiger partial charge in [0.05, 0.1) is 9.92 Å². The van der Waals surface area contributed by atoms with E-state index in [2.05, 4.69) is 10.1 Å². The van der Waals surface area contributed by atoms with Gasteiger partial charge in [-0.15, -0.1) is 0 Å². The molecule has 0 aliphatic rings. The lowest BCUT2D eigenvalue weighted by atomic mass is 10.4. The molecule has 3 rings (SSSR count). The molecule has 140 valence electrons. The zero-order chi connectivity index (χ0) is 19.8. The van der Waals surface area contributed by atoms with Gasteiger partial charge in [-0.2, -0.15) is 9.78 Å². The third-order valence-corrected chi connectivity index (χ3v) is 5.81. The van der Waals surface area contributed by atoms with Crippen molar-refractivity contribution >= 4 is 56.5 Å². The maximum absolute atomic E-state index is 12.7. The van der Waals surface area contributed by atoms with Gasteiger partial charge in [-0.3, -0.25) is 4.90 Å². The molecule has 27 heavy (non-hydrogen) atoms. The maximum Gasteiger partial charge on any atom is 0.350 e. The standard InChI is InChI=1S/C16H11Cl3N4O3S/c1-22(14-3-2-10(17)9-20-14)16(24)23-5-4-15(21-23)27(25,26)13-7-11(18)6-12(19)8-13/h2-9H,1H3. The number of rotatable bonds is 3. The van der Waals surface area contributed by atoms with Crippen LogP contribution in [0.5, 0.6) is 0 Å². The molecule has 1 amide bonds. The first-order valence-electron chi connectivity index (χ1n) is 7.35. The number of sulfone groups is 1. The highest BCUT2D eigenvalue weighted by Gasteiger charge is 2.24. The number of anilines is 1. The fourth-order valence-electron chi connectivity index (χ4n) is 2.18. The summed E-state index contributed by atoms with van der Waals surface area (Å²) in [5, 5.41) is 4.33. The first-order chi connectivity index (χ1) is 12.7. The summed E-state index contributed by atoms with van der Waals surface area (Å²) in [4.78, 5) is 17.6. The lowest BCUT2D eigenvalue weighted by Gasteiger charge is -2.15. The van der Waals surface area contributed by atoms with Crippen LogP contribution in [0.25, 0.3) is 0 Å². The van der Waals surface area contributed by atoms with E-state index in [4.69, 9.17) is 34.8 Å². The van der Waals surface area contributed by atoms with Crippen molar-refractivity contribution in [3.63, 3.8) is 0 Å². The van der Waals surface area contributed by atoms with E-state index in [9.17, 15) is 13.2 Å². The van der Waals surface area contributed by atoms with Crippen LogP contribution in [-0.2, 0) is 9.84 Å². The van der Waals surface area contributed by atoms with E-state index in [1.165, 1.54) is 48.6 Å². The molecule has 0 radical (unpaired) electrons. The minimum atomic E-state index is -4.00. The quantitative estimate of drug-likeness (QED) is 0.604. The highest BCUT2D eigenvalue weighted by molar-refractivity contribution is 7.91. The molecule has 2 aromatic heterocycles. The fourth-order valence-corrected chi connectivity index (χ4v) is 4.19. The van der Waals surface area contributed by atoms with Crippen LogP contribution in [-0.4, -0.2) is 36.3 Å². The van der Waals surface area contributed by atoms with Gasteiger partial charge in [0.15, 0.2) is 5.03 Å². The fraction of sp³-hybridized carbons (Fsp3) is 0.0625. The van der Waals surface area contributed by atoms with Gasteiger partial charge in [0.25, 0.3) is 0 Å². The number of nitrogens with zero attached hydrogens (tertiary/aromatic N) is 4. The monoisotopic (exact) mass is 444 g/mol. The van der Waals surface area contributed by atoms with Gasteiger partial charge in [-0.25, -0.2) is 18.2 Å². The number of aromatic nitrogens is 3. The van der Waals surface area contributed by atoms with Crippen molar-refractivity contribution in [1.29, 1.82) is 0 Å². The van der Waals surface area contributed by atoms with E-state index in [0.717, 1.165) is 4.68 Å². The van der Waals surface area contributed by atoms with Gasteiger partial charge in [0.1, 0.15) is 5.82 Å². The van der Waals surface area contributed by atoms with Crippen LogP contribution < -0.4 is 4.90 Å². The molecule has 2 heterocycles. The summed E-state index contributed by atoms with van der Waals surface area (Å²) in [7, 11) is -2.52. The smallest absolute Gasteiger partial charge is 0.280 e. The summed E-state index contributed by atoms with van der Waals surface area (Å²) in [5.41, 5.74) is 0. The van der Waals surface area contributed by atoms with Gasteiger partial charge < -0.3 is 0 Å². The molecule has 0 N–H and O–H groups in total. The van der Waals surface area contributed by atoms with Crippen molar-refractivity contribution in [2.75, 3.05) is 11.9 Å². The zero-order valence-electron chi connectivity index (χ0n) is 13.7. The van der Waals surface area contributed by atoms with E-state index in [1.54, 1.807) is 12.1 Å². The maximum atomic E-state index is 12.7. The van der Waals surface area contributed by atoms with Crippen LogP contribution in [0.2, 0.25) is 15.1 Å². The molecule has 0 aliphatic heterocycles. The summed E-state index contributed by atoms with van der Waals surface area (Å²) >= 11 is 17.5. The van der Waals surface area contributed by atoms with Crippen molar-refractivity contribution < 1.29 is 13.2 Å². The molecule has 0 saturated heterocycles. The SMILES string of the molecule is CN(C(=O)n1ccc(S(=O)(=O)c2cc(Cl)cc(Cl)c2)n1)c1ccc(Cl)cn1. The summed E-state index contributed by atoms with van der Waals surface area (Å²) in [6.45, 7) is 0. The molecule has 3 aromatic rings. The summed E-state index contributed by atoms with van der Waals surface area (Å²) in [6.07, 6.45) is 2.64. The number of pyridine rings is 1. The van der Waals surface area contributed by atoms with Gasteiger partial charge in [-0.1, -0.05) is 34.8 Å². The number of carbonyl (C=O) groups is 1. The lowest BCUT2D eigenvalue weighted by Crippen LogP contribution is -2.32. The Labute approximate surface area is 170 Å². The van der Waals surface area contributed by atoms with Crippen molar-refractivity contribution in [3.05, 3.63) is 63.9 Å². The molecule has 0 spiro atoms. The molecule has 11 heteroatoms. The molecular weight excluding hydrogens is 435 g/mol. The third-order valence-electron chi connectivity index (χ3n) is 3.52. The van der Waals surface area contributed by atoms with Crippen molar-refractivity contribution in [1.82, 2.24) is 14.8 Å². The molecule has 7 nitrogen and oxygen atoms in total. The molecule has 0 bridgehead atoms. The Bertz CT molecular complexity index is 1090. The van der Waals surface area contributed by atoms with Crippen molar-refractivity contribution in [2.24, 2.45) is 0 Å². The van der Waals surface area contributed by atoms with Gasteiger partial charge in [0.2, 0.25) is 9.84 Å². The predicted octanol–water partition coefficient (Wildman–Crippen LogP) is 4.18. The third kappa shape index (κ3) is 4.08. The number of hydrogen-bond donors (Lipinski definition) is 0. The van der Waals surface area contributed by atoms with E-state index in [1.807, 2.05) is 0 Å². The van der Waals surface area contributed by atoms with Crippen LogP contribution in [0.4, 0.5) is 10.6 Å². The second-order valence-electron chi connectivity index (χ2n) is 5.38. The van der Waals surface area contributed by atoms with Crippen molar-refractivity contribution in [2.45, 2.75) is 9.92 Å². The second kappa shape index (κ2) is 7.47. The van der Waals surface area contributed by atoms with Crippen LogP contribution >= 0.6 is 34.8 Å². The highest BCUT2D eigenvalue weighted by Crippen LogP contribution is 2.26. The Hall–Kier alpha value is -2.13. The highest BCUT2D eigenvalue weighted by atomic mass is 35.5. The summed E-state index contributed by atoms with van der Waals surface area (Å²) in [5.74, 6) is 0.325. The van der Waals surface area contributed by atoms with Gasteiger partial charge in [0, 0.05) is 29.5 Å². The van der Waals surface area contributed by atoms with E-state index in [-0.39, 0.29) is 20.0 Å². The Balaban J connectivity index is 1.91. The minimum Gasteiger partial charge on any atom is -0.280 e. The van der Waals surface area contributed by atoms with Crippen LogP contribution in [0, 0.1) is 0 Å². The molecule has 0 atom stereocenters. The second-order valence-corrected chi connectivity index (χ2v) is 8.59. The number of amides is 1. The average Bonchev–Trinajstić information content (AvgIpc) is 3.11. The molecule has 0 aliphatic carbocycles. The van der Waals surface area contributed by atoms with Crippen LogP contribution in [0.1, 0.15) is 0 Å². The summed E-state index contributed by atoms with van der Waals surface area (Å²) < 4.78 is 26.3. The van der Waals surface area contributed by atoms with E-state index in [0.29, 0.717) is 10.8 Å². The Morgan fingerprint density at radius 3 is 2.30 bits per heavy atom. The molecular formula is C16H11Cl3N4O3S. The van der Waals surface area contributed by atoms with E-state index >= 15 is 0 Å². The number of benzene rings is 1. The Morgan fingerprint density at radius 2 is 1.70 bits per heavy atom. The van der Waals surface area contributed by atoms with Crippen LogP contribution in [0.3, 0.4) is 0 Å². The molecule has 0 fully saturated rings. The molecule has 1 aromatic carbocycles. The average molecular weight is 446 g/mol. The van der Waals surface area contributed by atoms with Crippen molar-refractivity contribution in [3.8, 4) is 0 Å². The predicted molar refractivity (Wildman–Crippen MR) is 103 cm³/mol. The minimum absolute atomic E-state index is 0.120.